The Kier molecular flexibility index (Phi) is 5.32. The number of rotatable bonds is 4. The zero-order chi connectivity index (χ0) is 11.3. The largest absolute Gasteiger partial charge is 0.381 e. The minimum Gasteiger partial charge on any atom is -0.381 e. The van der Waals surface area contributed by atoms with Crippen LogP contribution < -0.4 is 0 Å². The first kappa shape index (κ1) is 12.7. The van der Waals surface area contributed by atoms with E-state index < -0.39 is 11.5 Å². The van der Waals surface area contributed by atoms with E-state index in [0.717, 1.165) is 19.4 Å². The maximum absolute atomic E-state index is 12.5. The molecule has 0 radical (unpaired) electrons. The van der Waals surface area contributed by atoms with Gasteiger partial charge in [0, 0.05) is 26.3 Å². The molecule has 1 unspecified atom stereocenters. The van der Waals surface area contributed by atoms with Gasteiger partial charge in [-0.25, -0.2) is 4.39 Å². The molecule has 1 fully saturated rings. The third kappa shape index (κ3) is 3.95. The average Bonchev–Trinajstić information content (AvgIpc) is 2.26. The Morgan fingerprint density at radius 3 is 2.67 bits per heavy atom. The van der Waals surface area contributed by atoms with Crippen LogP contribution in [0.15, 0.2) is 0 Å². The van der Waals surface area contributed by atoms with Gasteiger partial charge in [0.1, 0.15) is 0 Å². The van der Waals surface area contributed by atoms with E-state index in [4.69, 9.17) is 16.3 Å². The molecule has 0 aromatic carbocycles. The Bertz CT molecular complexity index is 206. The maximum atomic E-state index is 12.5. The second-order valence-electron chi connectivity index (χ2n) is 3.73. The highest BCUT2D eigenvalue weighted by atomic mass is 35.5. The lowest BCUT2D eigenvalue weighted by Gasteiger charge is -2.31. The molecular formula is C10H17ClFNO2. The quantitative estimate of drug-likeness (QED) is 0.698. The van der Waals surface area contributed by atoms with Crippen LogP contribution in [0.1, 0.15) is 19.8 Å². The normalized spacial score (nSPS) is 20.3. The highest BCUT2D eigenvalue weighted by molar-refractivity contribution is 6.29. The summed E-state index contributed by atoms with van der Waals surface area (Å²) in [6, 6.07) is 0. The van der Waals surface area contributed by atoms with Crippen molar-refractivity contribution in [3.8, 4) is 0 Å². The number of nitrogens with zero attached hydrogens (tertiary/aromatic N) is 1. The van der Waals surface area contributed by atoms with Gasteiger partial charge >= 0.3 is 0 Å². The predicted molar refractivity (Wildman–Crippen MR) is 56.5 cm³/mol. The van der Waals surface area contributed by atoms with Crippen LogP contribution in [0.3, 0.4) is 0 Å². The Morgan fingerprint density at radius 2 is 2.20 bits per heavy atom. The van der Waals surface area contributed by atoms with Gasteiger partial charge < -0.3 is 9.64 Å². The molecule has 1 atom stereocenters. The molecule has 1 aliphatic rings. The highest BCUT2D eigenvalue weighted by Crippen LogP contribution is 2.19. The molecule has 0 aromatic heterocycles. The van der Waals surface area contributed by atoms with Crippen molar-refractivity contribution in [3.05, 3.63) is 0 Å². The van der Waals surface area contributed by atoms with E-state index in [9.17, 15) is 9.18 Å². The van der Waals surface area contributed by atoms with Gasteiger partial charge in [-0.3, -0.25) is 4.79 Å². The van der Waals surface area contributed by atoms with Crippen LogP contribution in [0, 0.1) is 5.92 Å². The first-order valence-corrected chi connectivity index (χ1v) is 5.73. The lowest BCUT2D eigenvalue weighted by Crippen LogP contribution is -2.42. The summed E-state index contributed by atoms with van der Waals surface area (Å²) in [5.74, 6) is -0.117. The Balaban J connectivity index is 2.26. The Morgan fingerprint density at radius 1 is 1.60 bits per heavy atom. The number of halogens is 2. The van der Waals surface area contributed by atoms with E-state index in [1.807, 2.05) is 6.92 Å². The number of carbonyl (C=O) groups excluding carboxylic acids is 1. The first-order valence-electron chi connectivity index (χ1n) is 5.29. The van der Waals surface area contributed by atoms with Crippen molar-refractivity contribution in [1.82, 2.24) is 4.90 Å². The van der Waals surface area contributed by atoms with E-state index in [-0.39, 0.29) is 0 Å². The Hall–Kier alpha value is -0.350. The van der Waals surface area contributed by atoms with Gasteiger partial charge in [-0.2, -0.15) is 0 Å². The van der Waals surface area contributed by atoms with Crippen LogP contribution in [0.2, 0.25) is 0 Å². The molecule has 88 valence electrons. The predicted octanol–water partition coefficient (Wildman–Crippen LogP) is 1.80. The monoisotopic (exact) mass is 237 g/mol. The molecule has 5 heteroatoms. The first-order chi connectivity index (χ1) is 7.15. The van der Waals surface area contributed by atoms with Crippen molar-refractivity contribution < 1.29 is 13.9 Å². The molecule has 15 heavy (non-hydrogen) atoms. The summed E-state index contributed by atoms with van der Waals surface area (Å²) in [6.45, 7) is 4.58. The molecular weight excluding hydrogens is 221 g/mol. The number of amides is 1. The van der Waals surface area contributed by atoms with E-state index in [2.05, 4.69) is 0 Å². The van der Waals surface area contributed by atoms with Crippen molar-refractivity contribution in [2.45, 2.75) is 25.4 Å². The smallest absolute Gasteiger partial charge is 0.272 e. The number of ether oxygens (including phenoxy) is 1. The second kappa shape index (κ2) is 6.28. The molecule has 1 heterocycles. The number of piperidine rings is 1. The molecule has 1 amide bonds. The summed E-state index contributed by atoms with van der Waals surface area (Å²) in [4.78, 5) is 12.7. The second-order valence-corrected chi connectivity index (χ2v) is 4.11. The summed E-state index contributed by atoms with van der Waals surface area (Å²) in [5.41, 5.74) is -1.89. The molecule has 0 aliphatic carbocycles. The van der Waals surface area contributed by atoms with Crippen molar-refractivity contribution in [3.63, 3.8) is 0 Å². The topological polar surface area (TPSA) is 29.5 Å². The molecule has 1 saturated heterocycles. The molecule has 0 N–H and O–H groups in total. The number of carbonyl (C=O) groups is 1. The SMILES string of the molecule is CCOCC1CCN(C(=O)C(F)Cl)CC1. The van der Waals surface area contributed by atoms with Gasteiger partial charge in [0.15, 0.2) is 0 Å². The van der Waals surface area contributed by atoms with Crippen LogP contribution in [-0.4, -0.2) is 42.7 Å². The van der Waals surface area contributed by atoms with Crippen molar-refractivity contribution in [2.75, 3.05) is 26.3 Å². The van der Waals surface area contributed by atoms with Crippen molar-refractivity contribution in [1.29, 1.82) is 0 Å². The fourth-order valence-corrected chi connectivity index (χ4v) is 1.88. The van der Waals surface area contributed by atoms with Gasteiger partial charge in [-0.05, 0) is 25.7 Å². The van der Waals surface area contributed by atoms with E-state index in [0.29, 0.717) is 25.6 Å². The summed E-state index contributed by atoms with van der Waals surface area (Å²) in [6.07, 6.45) is 1.74. The summed E-state index contributed by atoms with van der Waals surface area (Å²) in [5, 5.41) is 0. The summed E-state index contributed by atoms with van der Waals surface area (Å²) < 4.78 is 17.8. The zero-order valence-electron chi connectivity index (χ0n) is 8.92. The third-order valence-corrected chi connectivity index (χ3v) is 2.86. The van der Waals surface area contributed by atoms with E-state index >= 15 is 0 Å². The van der Waals surface area contributed by atoms with Gasteiger partial charge in [0.2, 0.25) is 0 Å². The summed E-state index contributed by atoms with van der Waals surface area (Å²) >= 11 is 5.10. The van der Waals surface area contributed by atoms with E-state index in [1.54, 1.807) is 0 Å². The summed E-state index contributed by atoms with van der Waals surface area (Å²) in [7, 11) is 0. The lowest BCUT2D eigenvalue weighted by molar-refractivity contribution is -0.135. The van der Waals surface area contributed by atoms with Crippen LogP contribution >= 0.6 is 11.6 Å². The van der Waals surface area contributed by atoms with Crippen molar-refractivity contribution >= 4 is 17.5 Å². The molecule has 1 aliphatic heterocycles. The molecule has 0 spiro atoms. The fourth-order valence-electron chi connectivity index (χ4n) is 1.74. The molecule has 1 rings (SSSR count). The molecule has 0 bridgehead atoms. The molecule has 3 nitrogen and oxygen atoms in total. The van der Waals surface area contributed by atoms with Gasteiger partial charge in [-0.1, -0.05) is 11.6 Å². The van der Waals surface area contributed by atoms with Crippen LogP contribution in [-0.2, 0) is 9.53 Å². The minimum absolute atomic E-state index is 0.488. The van der Waals surface area contributed by atoms with Crippen molar-refractivity contribution in [2.24, 2.45) is 5.92 Å². The van der Waals surface area contributed by atoms with Gasteiger partial charge in [0.25, 0.3) is 11.5 Å². The van der Waals surface area contributed by atoms with Crippen LogP contribution in [0.4, 0.5) is 4.39 Å². The fraction of sp³-hybridized carbons (Fsp3) is 0.900. The van der Waals surface area contributed by atoms with Crippen LogP contribution in [0.25, 0.3) is 0 Å². The lowest BCUT2D eigenvalue weighted by atomic mass is 9.98. The number of hydrogen-bond acceptors (Lipinski definition) is 2. The minimum atomic E-state index is -1.89. The Labute approximate surface area is 94.5 Å². The van der Waals surface area contributed by atoms with Crippen LogP contribution in [0.5, 0.6) is 0 Å². The zero-order valence-corrected chi connectivity index (χ0v) is 9.67. The molecule has 0 saturated carbocycles. The number of alkyl halides is 2. The third-order valence-electron chi connectivity index (χ3n) is 2.67. The van der Waals surface area contributed by atoms with Gasteiger partial charge in [0.05, 0.1) is 0 Å². The maximum Gasteiger partial charge on any atom is 0.272 e. The van der Waals surface area contributed by atoms with Gasteiger partial charge in [-0.15, -0.1) is 0 Å². The molecule has 0 aromatic rings. The number of hydrogen-bond donors (Lipinski definition) is 0. The standard InChI is InChI=1S/C10H17ClFNO2/c1-2-15-7-8-3-5-13(6-4-8)10(14)9(11)12/h8-9H,2-7H2,1H3. The highest BCUT2D eigenvalue weighted by Gasteiger charge is 2.26. The average molecular weight is 238 g/mol. The number of likely N-dealkylation sites (tertiary alicyclic amines) is 1. The van der Waals surface area contributed by atoms with E-state index in [1.165, 1.54) is 4.90 Å².